The van der Waals surface area contributed by atoms with Crippen molar-refractivity contribution < 1.29 is 0 Å². The van der Waals surface area contributed by atoms with Gasteiger partial charge in [0.2, 0.25) is 0 Å². The van der Waals surface area contributed by atoms with Gasteiger partial charge in [0.25, 0.3) is 0 Å². The summed E-state index contributed by atoms with van der Waals surface area (Å²) in [7, 11) is -1.23. The first-order valence-corrected chi connectivity index (χ1v) is 11.2. The fourth-order valence-electron chi connectivity index (χ4n) is 1.90. The molecule has 1 nitrogen and oxygen atoms in total. The molecule has 0 aromatic heterocycles. The van der Waals surface area contributed by atoms with Crippen molar-refractivity contribution in [2.75, 3.05) is 13.1 Å². The Balaban J connectivity index is 4.61. The lowest BCUT2D eigenvalue weighted by molar-refractivity contribution is 0.224. The average molecular weight is 268 g/mol. The molecule has 2 heteroatoms. The van der Waals surface area contributed by atoms with E-state index >= 15 is 0 Å². The Hall–Kier alpha value is -0.263. The van der Waals surface area contributed by atoms with Crippen LogP contribution in [-0.4, -0.2) is 32.1 Å². The molecule has 0 aliphatic heterocycles. The fourth-order valence-corrected chi connectivity index (χ4v) is 2.50. The number of hydrogen-bond donors (Lipinski definition) is 0. The minimum absolute atomic E-state index is 0.481. The normalized spacial score (nSPS) is 13.3. The Labute approximate surface area is 116 Å². The maximum atomic E-state index is 3.56. The van der Waals surface area contributed by atoms with Crippen molar-refractivity contribution in [3.63, 3.8) is 0 Å². The van der Waals surface area contributed by atoms with Gasteiger partial charge in [-0.2, -0.15) is 0 Å². The molecule has 0 heterocycles. The molecular weight excluding hydrogens is 234 g/mol. The highest BCUT2D eigenvalue weighted by Gasteiger charge is 2.15. The van der Waals surface area contributed by atoms with E-state index in [9.17, 15) is 0 Å². The van der Waals surface area contributed by atoms with Gasteiger partial charge >= 0.3 is 0 Å². The molecule has 0 radical (unpaired) electrons. The van der Waals surface area contributed by atoms with Crippen molar-refractivity contribution in [1.29, 1.82) is 0 Å². The van der Waals surface area contributed by atoms with Gasteiger partial charge in [0.1, 0.15) is 8.07 Å². The van der Waals surface area contributed by atoms with E-state index in [0.717, 1.165) is 6.42 Å². The first kappa shape index (κ1) is 17.7. The van der Waals surface area contributed by atoms with E-state index in [2.05, 4.69) is 56.8 Å². The van der Waals surface area contributed by atoms with E-state index in [1.165, 1.54) is 38.8 Å². The molecule has 0 amide bonds. The molecule has 106 valence electrons. The summed E-state index contributed by atoms with van der Waals surface area (Å²) in [6, 6.07) is 0.481. The predicted octanol–water partition coefficient (Wildman–Crippen LogP) is 4.55. The third-order valence-corrected chi connectivity index (χ3v) is 3.93. The first-order valence-electron chi connectivity index (χ1n) is 7.71. The molecule has 0 bridgehead atoms. The molecule has 0 rings (SSSR count). The minimum atomic E-state index is -1.23. The molecule has 18 heavy (non-hydrogen) atoms. The van der Waals surface area contributed by atoms with Crippen LogP contribution in [-0.2, 0) is 0 Å². The summed E-state index contributed by atoms with van der Waals surface area (Å²) < 4.78 is 0. The van der Waals surface area contributed by atoms with Crippen molar-refractivity contribution in [3.8, 4) is 11.5 Å². The van der Waals surface area contributed by atoms with Gasteiger partial charge in [0.15, 0.2) is 0 Å². The van der Waals surface area contributed by atoms with Gasteiger partial charge < -0.3 is 0 Å². The summed E-state index contributed by atoms with van der Waals surface area (Å²) in [6.07, 6.45) is 6.32. The molecule has 0 saturated heterocycles. The number of hydrogen-bond acceptors (Lipinski definition) is 1. The first-order chi connectivity index (χ1) is 8.44. The maximum Gasteiger partial charge on any atom is 0.129 e. The second-order valence-electron chi connectivity index (χ2n) is 6.19. The zero-order chi connectivity index (χ0) is 14.0. The lowest BCUT2D eigenvalue weighted by Gasteiger charge is -2.27. The standard InChI is InChI=1S/C16H33NSi/c1-7-10-13-17(14-11-8-2)16(9-3)12-15-18(4,5)6/h16H,7-11,13-14H2,1-6H3. The molecule has 0 aliphatic rings. The molecule has 0 spiro atoms. The van der Waals surface area contributed by atoms with Gasteiger partial charge in [-0.1, -0.05) is 59.2 Å². The monoisotopic (exact) mass is 267 g/mol. The van der Waals surface area contributed by atoms with Crippen LogP contribution in [0.4, 0.5) is 0 Å². The predicted molar refractivity (Wildman–Crippen MR) is 86.6 cm³/mol. The second-order valence-corrected chi connectivity index (χ2v) is 10.9. The second kappa shape index (κ2) is 9.64. The SMILES string of the molecule is CCCCN(CCCC)C(C#C[Si](C)(C)C)CC. The van der Waals surface area contributed by atoms with Crippen LogP contribution in [0.3, 0.4) is 0 Å². The van der Waals surface area contributed by atoms with Crippen LogP contribution in [0.1, 0.15) is 52.9 Å². The number of nitrogens with zero attached hydrogens (tertiary/aromatic N) is 1. The highest BCUT2D eigenvalue weighted by atomic mass is 28.3. The summed E-state index contributed by atoms with van der Waals surface area (Å²) in [5.41, 5.74) is 3.55. The van der Waals surface area contributed by atoms with Gasteiger partial charge in [-0.05, 0) is 32.4 Å². The van der Waals surface area contributed by atoms with Crippen LogP contribution in [0.15, 0.2) is 0 Å². The molecule has 0 aromatic carbocycles. The smallest absolute Gasteiger partial charge is 0.129 e. The number of rotatable bonds is 8. The minimum Gasteiger partial charge on any atom is -0.290 e. The summed E-state index contributed by atoms with van der Waals surface area (Å²) in [4.78, 5) is 2.61. The molecule has 0 aromatic rings. The highest BCUT2D eigenvalue weighted by Crippen LogP contribution is 2.09. The van der Waals surface area contributed by atoms with Gasteiger partial charge in [0.05, 0.1) is 6.04 Å². The van der Waals surface area contributed by atoms with Gasteiger partial charge in [-0.15, -0.1) is 5.54 Å². The molecule has 1 unspecified atom stereocenters. The van der Waals surface area contributed by atoms with Crippen molar-refractivity contribution >= 4 is 8.07 Å². The molecule has 0 fully saturated rings. The Morgan fingerprint density at radius 1 is 0.944 bits per heavy atom. The molecule has 0 N–H and O–H groups in total. The van der Waals surface area contributed by atoms with E-state index in [4.69, 9.17) is 0 Å². The summed E-state index contributed by atoms with van der Waals surface area (Å²) in [6.45, 7) is 16.2. The Bertz CT molecular complexity index is 248. The maximum absolute atomic E-state index is 3.56. The Morgan fingerprint density at radius 3 is 1.78 bits per heavy atom. The lowest BCUT2D eigenvalue weighted by atomic mass is 10.1. The van der Waals surface area contributed by atoms with Gasteiger partial charge in [0, 0.05) is 0 Å². The average Bonchev–Trinajstić information content (AvgIpc) is 2.30. The van der Waals surface area contributed by atoms with Crippen molar-refractivity contribution in [3.05, 3.63) is 0 Å². The van der Waals surface area contributed by atoms with Crippen molar-refractivity contribution in [2.45, 2.75) is 78.6 Å². The quantitative estimate of drug-likeness (QED) is 0.461. The Kier molecular flexibility index (Phi) is 9.50. The van der Waals surface area contributed by atoms with Crippen LogP contribution in [0.2, 0.25) is 19.6 Å². The molecule has 0 aliphatic carbocycles. The van der Waals surface area contributed by atoms with Gasteiger partial charge in [-0.3, -0.25) is 4.90 Å². The lowest BCUT2D eigenvalue weighted by Crippen LogP contribution is -2.36. The Morgan fingerprint density at radius 2 is 1.44 bits per heavy atom. The molecule has 0 saturated carbocycles. The molecule has 1 atom stereocenters. The zero-order valence-corrected chi connectivity index (χ0v) is 14.5. The summed E-state index contributed by atoms with van der Waals surface area (Å²) >= 11 is 0. The highest BCUT2D eigenvalue weighted by molar-refractivity contribution is 6.83. The third kappa shape index (κ3) is 8.77. The largest absolute Gasteiger partial charge is 0.290 e. The van der Waals surface area contributed by atoms with Crippen molar-refractivity contribution in [2.24, 2.45) is 0 Å². The zero-order valence-electron chi connectivity index (χ0n) is 13.5. The number of unbranched alkanes of at least 4 members (excludes halogenated alkanes) is 2. The van der Waals surface area contributed by atoms with Crippen molar-refractivity contribution in [1.82, 2.24) is 4.90 Å². The van der Waals surface area contributed by atoms with Crippen LogP contribution < -0.4 is 0 Å². The van der Waals surface area contributed by atoms with E-state index in [0.29, 0.717) is 6.04 Å². The van der Waals surface area contributed by atoms with Crippen LogP contribution >= 0.6 is 0 Å². The van der Waals surface area contributed by atoms with Crippen LogP contribution in [0, 0.1) is 11.5 Å². The van der Waals surface area contributed by atoms with E-state index < -0.39 is 8.07 Å². The summed E-state index contributed by atoms with van der Waals surface area (Å²) in [5, 5.41) is 0. The van der Waals surface area contributed by atoms with Crippen LogP contribution in [0.25, 0.3) is 0 Å². The van der Waals surface area contributed by atoms with E-state index in [1.54, 1.807) is 0 Å². The third-order valence-electron chi connectivity index (χ3n) is 3.04. The van der Waals surface area contributed by atoms with E-state index in [-0.39, 0.29) is 0 Å². The van der Waals surface area contributed by atoms with Gasteiger partial charge in [-0.25, -0.2) is 0 Å². The molecular formula is C16H33NSi. The van der Waals surface area contributed by atoms with Crippen LogP contribution in [0.5, 0.6) is 0 Å². The fraction of sp³-hybridized carbons (Fsp3) is 0.875. The topological polar surface area (TPSA) is 3.24 Å². The summed E-state index contributed by atoms with van der Waals surface area (Å²) in [5.74, 6) is 3.56. The van der Waals surface area contributed by atoms with E-state index in [1.807, 2.05) is 0 Å².